The van der Waals surface area contributed by atoms with E-state index in [2.05, 4.69) is 10.3 Å². The maximum absolute atomic E-state index is 13.3. The Morgan fingerprint density at radius 3 is 2.05 bits per heavy atom. The fourth-order valence-corrected chi connectivity index (χ4v) is 5.61. The molecule has 1 aromatic heterocycles. The summed E-state index contributed by atoms with van der Waals surface area (Å²) in [5.41, 5.74) is -3.51. The van der Waals surface area contributed by atoms with Gasteiger partial charge in [-0.1, -0.05) is 30.3 Å². The minimum absolute atomic E-state index is 0.0000559. The number of alkyl halides is 6. The first-order valence-electron chi connectivity index (χ1n) is 13.0. The minimum Gasteiger partial charge on any atom is -0.385 e. The van der Waals surface area contributed by atoms with Crippen LogP contribution in [0.2, 0.25) is 0 Å². The van der Waals surface area contributed by atoms with Gasteiger partial charge >= 0.3 is 12.4 Å². The number of H-pyrrole nitrogens is 1. The van der Waals surface area contributed by atoms with Crippen LogP contribution in [0.1, 0.15) is 53.5 Å². The van der Waals surface area contributed by atoms with Crippen molar-refractivity contribution in [2.75, 3.05) is 26.2 Å². The zero-order chi connectivity index (χ0) is 29.0. The summed E-state index contributed by atoms with van der Waals surface area (Å²) in [5.74, 6) is 0. The van der Waals surface area contributed by atoms with Crippen LogP contribution in [0, 0.1) is 0 Å². The van der Waals surface area contributed by atoms with Gasteiger partial charge in [0.15, 0.2) is 0 Å². The number of benzene rings is 2. The molecule has 11 heteroatoms. The Morgan fingerprint density at radius 2 is 1.52 bits per heavy atom. The molecule has 40 heavy (non-hydrogen) atoms. The van der Waals surface area contributed by atoms with Gasteiger partial charge in [-0.3, -0.25) is 4.79 Å². The van der Waals surface area contributed by atoms with Crippen LogP contribution in [0.4, 0.5) is 26.3 Å². The van der Waals surface area contributed by atoms with Crippen LogP contribution in [0.25, 0.3) is 0 Å². The Morgan fingerprint density at radius 1 is 0.900 bits per heavy atom. The number of carbonyl (C=O) groups is 1. The number of rotatable bonds is 10. The summed E-state index contributed by atoms with van der Waals surface area (Å²) in [6.07, 6.45) is -4.22. The van der Waals surface area contributed by atoms with Crippen LogP contribution in [-0.4, -0.2) is 47.6 Å². The third-order valence-electron chi connectivity index (χ3n) is 7.85. The highest BCUT2D eigenvalue weighted by Gasteiger charge is 2.41. The van der Waals surface area contributed by atoms with Crippen LogP contribution in [0.15, 0.2) is 67.0 Å². The number of hydrogen-bond donors (Lipinski definition) is 3. The molecule has 2 aromatic carbocycles. The largest absolute Gasteiger partial charge is 0.416 e. The van der Waals surface area contributed by atoms with Gasteiger partial charge in [0.2, 0.25) is 6.41 Å². The zero-order valence-corrected chi connectivity index (χ0v) is 21.7. The predicted molar refractivity (Wildman–Crippen MR) is 137 cm³/mol. The van der Waals surface area contributed by atoms with E-state index in [0.29, 0.717) is 57.6 Å². The minimum atomic E-state index is -4.98. The first-order valence-corrected chi connectivity index (χ1v) is 13.0. The van der Waals surface area contributed by atoms with Gasteiger partial charge < -0.3 is 20.3 Å². The molecule has 5 nitrogen and oxygen atoms in total. The molecule has 216 valence electrons. The van der Waals surface area contributed by atoms with Gasteiger partial charge in [0, 0.05) is 37.4 Å². The fourth-order valence-electron chi connectivity index (χ4n) is 5.61. The van der Waals surface area contributed by atoms with E-state index in [0.717, 1.165) is 11.1 Å². The van der Waals surface area contributed by atoms with Crippen LogP contribution >= 0.6 is 0 Å². The molecule has 3 N–H and O–H groups in total. The molecule has 2 heterocycles. The average Bonchev–Trinajstić information content (AvgIpc) is 3.47. The highest BCUT2D eigenvalue weighted by molar-refractivity contribution is 5.48. The highest BCUT2D eigenvalue weighted by atomic mass is 19.4. The first-order chi connectivity index (χ1) is 18.9. The summed E-state index contributed by atoms with van der Waals surface area (Å²) < 4.78 is 80.1. The van der Waals surface area contributed by atoms with Crippen LogP contribution < -0.4 is 5.32 Å². The van der Waals surface area contributed by atoms with E-state index < -0.39 is 34.5 Å². The summed E-state index contributed by atoms with van der Waals surface area (Å²) in [5, 5.41) is 14.0. The number of amides is 1. The Hall–Kier alpha value is -3.31. The molecule has 0 saturated carbocycles. The van der Waals surface area contributed by atoms with Gasteiger partial charge in [0.1, 0.15) is 0 Å². The summed E-state index contributed by atoms with van der Waals surface area (Å²) >= 11 is 0. The number of aromatic amines is 1. The maximum Gasteiger partial charge on any atom is 0.416 e. The van der Waals surface area contributed by atoms with Crippen LogP contribution in [0.3, 0.4) is 0 Å². The SMILES string of the molecule is O=CNCC(CCCN1CCC(O)(c2cc(C(F)(F)F)cc(C(F)(F)F)c2)CC1)(c1ccccc1)c1cc[nH]c1. The van der Waals surface area contributed by atoms with E-state index in [9.17, 15) is 36.2 Å². The van der Waals surface area contributed by atoms with E-state index in [-0.39, 0.29) is 24.5 Å². The molecule has 0 radical (unpaired) electrons. The lowest BCUT2D eigenvalue weighted by Crippen LogP contribution is -2.44. The third kappa shape index (κ3) is 6.52. The van der Waals surface area contributed by atoms with Crippen molar-refractivity contribution in [1.82, 2.24) is 15.2 Å². The number of aromatic nitrogens is 1. The molecule has 0 spiro atoms. The number of piperidine rings is 1. The molecular formula is C29H31F6N3O2. The summed E-state index contributed by atoms with van der Waals surface area (Å²) in [6.45, 7) is 1.59. The van der Waals surface area contributed by atoms with E-state index >= 15 is 0 Å². The van der Waals surface area contributed by atoms with Gasteiger partial charge in [-0.2, -0.15) is 26.3 Å². The van der Waals surface area contributed by atoms with Crippen molar-refractivity contribution in [2.24, 2.45) is 0 Å². The van der Waals surface area contributed by atoms with Crippen molar-refractivity contribution in [3.8, 4) is 0 Å². The second kappa shape index (κ2) is 11.7. The van der Waals surface area contributed by atoms with Gasteiger partial charge in [-0.25, -0.2) is 0 Å². The Kier molecular flexibility index (Phi) is 8.65. The normalized spacial score (nSPS) is 17.8. The third-order valence-corrected chi connectivity index (χ3v) is 7.85. The van der Waals surface area contributed by atoms with Crippen molar-refractivity contribution >= 4 is 6.41 Å². The van der Waals surface area contributed by atoms with Gasteiger partial charge in [0.05, 0.1) is 16.7 Å². The molecule has 1 unspecified atom stereocenters. The van der Waals surface area contributed by atoms with Gasteiger partial charge in [0.25, 0.3) is 0 Å². The van der Waals surface area contributed by atoms with Crippen molar-refractivity contribution in [3.63, 3.8) is 0 Å². The Bertz CT molecular complexity index is 1220. The number of hydrogen-bond acceptors (Lipinski definition) is 3. The van der Waals surface area contributed by atoms with Crippen molar-refractivity contribution in [1.29, 1.82) is 0 Å². The Labute approximate surface area is 228 Å². The second-order valence-electron chi connectivity index (χ2n) is 10.3. The van der Waals surface area contributed by atoms with Crippen molar-refractivity contribution < 1.29 is 36.2 Å². The van der Waals surface area contributed by atoms with Gasteiger partial charge in [-0.05, 0) is 73.2 Å². The maximum atomic E-state index is 13.3. The first kappa shape index (κ1) is 29.7. The number of halogens is 6. The standard InChI is InChI=1S/C29H31F6N3O2/c30-28(31,32)24-15-23(16-25(17-24)29(33,34)35)27(40)9-13-38(14-10-27)12-4-8-26(19-37-20-39,22-7-11-36-18-22)21-5-2-1-3-6-21/h1-3,5-7,11,15-18,20,36,40H,4,8-10,12-14,19H2,(H,37,39). The topological polar surface area (TPSA) is 68.4 Å². The molecule has 4 rings (SSSR count). The molecule has 1 atom stereocenters. The van der Waals surface area contributed by atoms with Crippen LogP contribution in [-0.2, 0) is 28.2 Å². The van der Waals surface area contributed by atoms with E-state index in [1.807, 2.05) is 53.7 Å². The summed E-state index contributed by atoms with van der Waals surface area (Å²) in [6, 6.07) is 13.1. The molecule has 0 aliphatic carbocycles. The summed E-state index contributed by atoms with van der Waals surface area (Å²) in [4.78, 5) is 16.4. The average molecular weight is 568 g/mol. The lowest BCUT2D eigenvalue weighted by atomic mass is 9.72. The van der Waals surface area contributed by atoms with Crippen molar-refractivity contribution in [3.05, 3.63) is 94.8 Å². The van der Waals surface area contributed by atoms with E-state index in [1.54, 1.807) is 0 Å². The molecule has 1 amide bonds. The van der Waals surface area contributed by atoms with E-state index in [1.165, 1.54) is 0 Å². The number of aliphatic hydroxyl groups is 1. The highest BCUT2D eigenvalue weighted by Crippen LogP contribution is 2.42. The lowest BCUT2D eigenvalue weighted by molar-refractivity contribution is -0.143. The molecule has 1 fully saturated rings. The summed E-state index contributed by atoms with van der Waals surface area (Å²) in [7, 11) is 0. The number of nitrogens with one attached hydrogen (secondary N) is 2. The number of carbonyl (C=O) groups excluding carboxylic acids is 1. The molecule has 0 bridgehead atoms. The Balaban J connectivity index is 1.47. The molecule has 1 aliphatic heterocycles. The molecular weight excluding hydrogens is 536 g/mol. The zero-order valence-electron chi connectivity index (χ0n) is 21.7. The monoisotopic (exact) mass is 567 g/mol. The number of likely N-dealkylation sites (tertiary alicyclic amines) is 1. The fraction of sp³-hybridized carbons (Fsp3) is 0.414. The molecule has 1 aliphatic rings. The lowest BCUT2D eigenvalue weighted by Gasteiger charge is -2.40. The molecule has 1 saturated heterocycles. The van der Waals surface area contributed by atoms with Crippen LogP contribution in [0.5, 0.6) is 0 Å². The second-order valence-corrected chi connectivity index (χ2v) is 10.3. The number of nitrogens with zero attached hydrogens (tertiary/aromatic N) is 1. The smallest absolute Gasteiger partial charge is 0.385 e. The van der Waals surface area contributed by atoms with Gasteiger partial charge in [-0.15, -0.1) is 0 Å². The molecule has 3 aromatic rings. The quantitative estimate of drug-likeness (QED) is 0.213. The predicted octanol–water partition coefficient (Wildman–Crippen LogP) is 5.85. The van der Waals surface area contributed by atoms with Crippen molar-refractivity contribution in [2.45, 2.75) is 49.1 Å². The van der Waals surface area contributed by atoms with E-state index in [4.69, 9.17) is 0 Å².